The summed E-state index contributed by atoms with van der Waals surface area (Å²) >= 11 is 5.75. The zero-order chi connectivity index (χ0) is 7.78. The van der Waals surface area contributed by atoms with Crippen LogP contribution in [0.25, 0.3) is 0 Å². The van der Waals surface area contributed by atoms with Gasteiger partial charge in [0.25, 0.3) is 0 Å². The smallest absolute Gasteiger partial charge is 0.163 e. The molecule has 10 heavy (non-hydrogen) atoms. The van der Waals surface area contributed by atoms with Gasteiger partial charge >= 0.3 is 0 Å². The summed E-state index contributed by atoms with van der Waals surface area (Å²) in [6.07, 6.45) is 5.34. The van der Waals surface area contributed by atoms with Crippen molar-refractivity contribution in [3.63, 3.8) is 0 Å². The second-order valence-corrected chi connectivity index (χ2v) is 3.32. The van der Waals surface area contributed by atoms with Crippen molar-refractivity contribution < 1.29 is 5.11 Å². The predicted octanol–water partition coefficient (Wildman–Crippen LogP) is 2.07. The van der Waals surface area contributed by atoms with Crippen molar-refractivity contribution >= 4 is 11.6 Å². The second-order valence-electron chi connectivity index (χ2n) is 2.72. The van der Waals surface area contributed by atoms with Crippen LogP contribution >= 0.6 is 11.6 Å². The van der Waals surface area contributed by atoms with Crippen LogP contribution in [0.15, 0.2) is 23.8 Å². The molecule has 0 fully saturated rings. The highest BCUT2D eigenvalue weighted by Gasteiger charge is 2.30. The topological polar surface area (TPSA) is 20.2 Å². The molecule has 0 aromatic rings. The van der Waals surface area contributed by atoms with E-state index in [-0.39, 0.29) is 5.92 Å². The molecule has 0 radical (unpaired) electrons. The zero-order valence-corrected chi connectivity index (χ0v) is 6.89. The number of rotatable bonds is 0. The van der Waals surface area contributed by atoms with Gasteiger partial charge < -0.3 is 5.11 Å². The largest absolute Gasteiger partial charge is 0.371 e. The molecule has 0 heterocycles. The maximum Gasteiger partial charge on any atom is 0.163 e. The van der Waals surface area contributed by atoms with Gasteiger partial charge in [-0.05, 0) is 13.0 Å². The summed E-state index contributed by atoms with van der Waals surface area (Å²) in [5.41, 5.74) is 1.11. The van der Waals surface area contributed by atoms with Gasteiger partial charge in [0.2, 0.25) is 0 Å². The molecule has 0 saturated carbocycles. The lowest BCUT2D eigenvalue weighted by Crippen LogP contribution is -2.29. The first-order chi connectivity index (χ1) is 4.54. The van der Waals surface area contributed by atoms with E-state index in [9.17, 15) is 5.11 Å². The summed E-state index contributed by atoms with van der Waals surface area (Å²) in [6.45, 7) is 3.86. The fraction of sp³-hybridized carbons (Fsp3) is 0.500. The Morgan fingerprint density at radius 2 is 2.30 bits per heavy atom. The SMILES string of the molecule is CC1=CC=CC(O)(Cl)C1C. The Morgan fingerprint density at radius 1 is 1.70 bits per heavy atom. The highest BCUT2D eigenvalue weighted by Crippen LogP contribution is 2.32. The van der Waals surface area contributed by atoms with E-state index in [2.05, 4.69) is 0 Å². The van der Waals surface area contributed by atoms with Gasteiger partial charge in [-0.15, -0.1) is 0 Å². The zero-order valence-electron chi connectivity index (χ0n) is 6.13. The molecule has 0 bridgehead atoms. The van der Waals surface area contributed by atoms with E-state index >= 15 is 0 Å². The molecular formula is C8H11ClO. The molecule has 0 amide bonds. The van der Waals surface area contributed by atoms with E-state index in [0.717, 1.165) is 5.57 Å². The van der Waals surface area contributed by atoms with E-state index in [1.165, 1.54) is 0 Å². The monoisotopic (exact) mass is 158 g/mol. The molecule has 1 aliphatic rings. The lowest BCUT2D eigenvalue weighted by Gasteiger charge is -2.27. The fourth-order valence-corrected chi connectivity index (χ4v) is 1.19. The van der Waals surface area contributed by atoms with Crippen molar-refractivity contribution in [2.24, 2.45) is 5.92 Å². The first-order valence-corrected chi connectivity index (χ1v) is 3.69. The van der Waals surface area contributed by atoms with Crippen LogP contribution in [-0.2, 0) is 0 Å². The molecule has 1 aliphatic carbocycles. The fourth-order valence-electron chi connectivity index (χ4n) is 0.943. The van der Waals surface area contributed by atoms with Gasteiger partial charge in [-0.25, -0.2) is 0 Å². The summed E-state index contributed by atoms with van der Waals surface area (Å²) < 4.78 is 0. The van der Waals surface area contributed by atoms with E-state index in [1.54, 1.807) is 12.2 Å². The minimum atomic E-state index is -1.17. The van der Waals surface area contributed by atoms with Crippen molar-refractivity contribution in [2.75, 3.05) is 0 Å². The van der Waals surface area contributed by atoms with Crippen molar-refractivity contribution in [2.45, 2.75) is 18.9 Å². The lowest BCUT2D eigenvalue weighted by molar-refractivity contribution is 0.134. The van der Waals surface area contributed by atoms with Gasteiger partial charge in [0.15, 0.2) is 5.06 Å². The Kier molecular flexibility index (Phi) is 1.88. The molecular weight excluding hydrogens is 148 g/mol. The highest BCUT2D eigenvalue weighted by molar-refractivity contribution is 6.24. The van der Waals surface area contributed by atoms with Crippen LogP contribution in [0.5, 0.6) is 0 Å². The molecule has 2 atom stereocenters. The van der Waals surface area contributed by atoms with E-state index in [0.29, 0.717) is 0 Å². The van der Waals surface area contributed by atoms with E-state index in [4.69, 9.17) is 11.6 Å². The summed E-state index contributed by atoms with van der Waals surface area (Å²) in [5.74, 6) is 0.0131. The van der Waals surface area contributed by atoms with Gasteiger partial charge in [0, 0.05) is 5.92 Å². The normalized spacial score (nSPS) is 39.6. The summed E-state index contributed by atoms with van der Waals surface area (Å²) in [4.78, 5) is 0. The predicted molar refractivity (Wildman–Crippen MR) is 42.9 cm³/mol. The first kappa shape index (κ1) is 7.83. The molecule has 0 spiro atoms. The quantitative estimate of drug-likeness (QED) is 0.536. The molecule has 1 nitrogen and oxygen atoms in total. The number of hydrogen-bond donors (Lipinski definition) is 1. The average Bonchev–Trinajstić information content (AvgIpc) is 1.83. The Morgan fingerprint density at radius 3 is 2.70 bits per heavy atom. The molecule has 0 aromatic carbocycles. The molecule has 1 N–H and O–H groups in total. The molecule has 1 rings (SSSR count). The van der Waals surface area contributed by atoms with E-state index in [1.807, 2.05) is 19.9 Å². The molecule has 2 heteroatoms. The maximum absolute atomic E-state index is 9.45. The van der Waals surface area contributed by atoms with Crippen molar-refractivity contribution in [3.8, 4) is 0 Å². The Balaban J connectivity index is 2.89. The van der Waals surface area contributed by atoms with Crippen LogP contribution in [0.3, 0.4) is 0 Å². The molecule has 0 saturated heterocycles. The maximum atomic E-state index is 9.45. The lowest BCUT2D eigenvalue weighted by atomic mass is 9.92. The first-order valence-electron chi connectivity index (χ1n) is 3.31. The molecule has 0 aliphatic heterocycles. The minimum absolute atomic E-state index is 0.0131. The molecule has 2 unspecified atom stereocenters. The summed E-state index contributed by atoms with van der Waals surface area (Å²) in [5, 5.41) is 8.28. The van der Waals surface area contributed by atoms with Crippen LogP contribution in [-0.4, -0.2) is 10.2 Å². The van der Waals surface area contributed by atoms with Gasteiger partial charge in [0.05, 0.1) is 0 Å². The number of alkyl halides is 1. The average molecular weight is 159 g/mol. The number of aliphatic hydroxyl groups is 1. The van der Waals surface area contributed by atoms with Gasteiger partial charge in [0.1, 0.15) is 0 Å². The third-order valence-electron chi connectivity index (χ3n) is 1.98. The standard InChI is InChI=1S/C8H11ClO/c1-6-4-3-5-8(9,10)7(6)2/h3-5,7,10H,1-2H3. The van der Waals surface area contributed by atoms with Crippen LogP contribution in [0.2, 0.25) is 0 Å². The van der Waals surface area contributed by atoms with Crippen LogP contribution < -0.4 is 0 Å². The second kappa shape index (κ2) is 2.40. The van der Waals surface area contributed by atoms with Gasteiger partial charge in [-0.3, -0.25) is 0 Å². The minimum Gasteiger partial charge on any atom is -0.371 e. The Labute approximate surface area is 66.0 Å². The number of hydrogen-bond acceptors (Lipinski definition) is 1. The van der Waals surface area contributed by atoms with Crippen LogP contribution in [0, 0.1) is 5.92 Å². The van der Waals surface area contributed by atoms with Crippen molar-refractivity contribution in [1.82, 2.24) is 0 Å². The van der Waals surface area contributed by atoms with Crippen LogP contribution in [0.1, 0.15) is 13.8 Å². The summed E-state index contributed by atoms with van der Waals surface area (Å²) in [6, 6.07) is 0. The van der Waals surface area contributed by atoms with Gasteiger partial charge in [-0.1, -0.05) is 36.2 Å². The molecule has 0 aromatic heterocycles. The van der Waals surface area contributed by atoms with Gasteiger partial charge in [-0.2, -0.15) is 0 Å². The summed E-state index contributed by atoms with van der Waals surface area (Å²) in [7, 11) is 0. The third kappa shape index (κ3) is 1.25. The highest BCUT2D eigenvalue weighted by atomic mass is 35.5. The van der Waals surface area contributed by atoms with Crippen molar-refractivity contribution in [3.05, 3.63) is 23.8 Å². The third-order valence-corrected chi connectivity index (χ3v) is 2.43. The Hall–Kier alpha value is -0.270. The number of halogens is 1. The molecule has 56 valence electrons. The van der Waals surface area contributed by atoms with Crippen molar-refractivity contribution in [1.29, 1.82) is 0 Å². The van der Waals surface area contributed by atoms with Crippen LogP contribution in [0.4, 0.5) is 0 Å². The Bertz CT molecular complexity index is 191. The number of allylic oxidation sites excluding steroid dienone is 2. The van der Waals surface area contributed by atoms with E-state index < -0.39 is 5.06 Å².